The number of ether oxygens (including phenoxy) is 1. The summed E-state index contributed by atoms with van der Waals surface area (Å²) >= 11 is 0. The molecule has 1 amide bonds. The molecular formula is C19H27N3O4. The molecule has 0 saturated carbocycles. The zero-order valence-corrected chi connectivity index (χ0v) is 15.8. The molecule has 142 valence electrons. The number of piperidine rings is 1. The molecule has 3 rings (SSSR count). The Labute approximate surface area is 154 Å². The first-order valence-corrected chi connectivity index (χ1v) is 8.99. The molecule has 0 bridgehead atoms. The highest BCUT2D eigenvalue weighted by Crippen LogP contribution is 2.32. The predicted octanol–water partition coefficient (Wildman–Crippen LogP) is 2.38. The van der Waals surface area contributed by atoms with Gasteiger partial charge in [-0.25, -0.2) is 14.6 Å². The van der Waals surface area contributed by atoms with Gasteiger partial charge in [0, 0.05) is 32.4 Å². The monoisotopic (exact) mass is 361 g/mol. The Bertz CT molecular complexity index is 681. The fraction of sp³-hybridized carbons (Fsp3) is 0.579. The van der Waals surface area contributed by atoms with E-state index in [9.17, 15) is 14.7 Å². The van der Waals surface area contributed by atoms with Crippen LogP contribution in [0.2, 0.25) is 0 Å². The van der Waals surface area contributed by atoms with Gasteiger partial charge >= 0.3 is 12.1 Å². The van der Waals surface area contributed by atoms with Crippen LogP contribution >= 0.6 is 0 Å². The van der Waals surface area contributed by atoms with E-state index in [2.05, 4.69) is 10.0 Å². The maximum Gasteiger partial charge on any atom is 0.410 e. The van der Waals surface area contributed by atoms with Gasteiger partial charge in [-0.15, -0.1) is 0 Å². The number of rotatable bonds is 2. The number of hydrazine groups is 1. The van der Waals surface area contributed by atoms with E-state index in [1.54, 1.807) is 17.1 Å². The van der Waals surface area contributed by atoms with Crippen LogP contribution in [0.1, 0.15) is 33.6 Å². The second-order valence-electron chi connectivity index (χ2n) is 7.99. The van der Waals surface area contributed by atoms with Crippen molar-refractivity contribution in [2.24, 2.45) is 0 Å². The molecule has 3 aliphatic rings. The Morgan fingerprint density at radius 2 is 1.88 bits per heavy atom. The zero-order chi connectivity index (χ0) is 19.1. The highest BCUT2D eigenvalue weighted by atomic mass is 16.6. The number of carbonyl (C=O) groups excluding carboxylic acids is 1. The molecule has 26 heavy (non-hydrogen) atoms. The summed E-state index contributed by atoms with van der Waals surface area (Å²) in [5, 5.41) is 13.5. The number of aliphatic carboxylic acids is 1. The number of nitrogens with zero attached hydrogens (tertiary/aromatic N) is 3. The average Bonchev–Trinajstić information content (AvgIpc) is 2.90. The van der Waals surface area contributed by atoms with Crippen molar-refractivity contribution in [1.82, 2.24) is 14.9 Å². The van der Waals surface area contributed by atoms with Crippen molar-refractivity contribution in [3.8, 4) is 0 Å². The molecular weight excluding hydrogens is 334 g/mol. The number of hydrogen-bond donors (Lipinski definition) is 1. The molecule has 1 saturated heterocycles. The summed E-state index contributed by atoms with van der Waals surface area (Å²) in [7, 11) is 2.01. The fourth-order valence-corrected chi connectivity index (χ4v) is 3.60. The first-order chi connectivity index (χ1) is 12.2. The first kappa shape index (κ1) is 18.5. The summed E-state index contributed by atoms with van der Waals surface area (Å²) in [6.45, 7) is 6.93. The van der Waals surface area contributed by atoms with Crippen molar-refractivity contribution in [3.63, 3.8) is 0 Å². The van der Waals surface area contributed by atoms with Crippen LogP contribution in [0.5, 0.6) is 0 Å². The van der Waals surface area contributed by atoms with Gasteiger partial charge in [-0.05, 0) is 51.3 Å². The Kier molecular flexibility index (Phi) is 4.84. The minimum absolute atomic E-state index is 0.0713. The van der Waals surface area contributed by atoms with Crippen molar-refractivity contribution in [3.05, 3.63) is 35.6 Å². The quantitative estimate of drug-likeness (QED) is 0.814. The molecule has 1 aliphatic carbocycles. The van der Waals surface area contributed by atoms with E-state index in [0.717, 1.165) is 18.4 Å². The SMILES string of the molecule is CN1C2C=CC(C(=O)O)=CC2=CN1C1CCN(C(=O)OC(C)(C)C)CC1. The van der Waals surface area contributed by atoms with Crippen LogP contribution in [-0.2, 0) is 9.53 Å². The largest absolute Gasteiger partial charge is 0.478 e. The number of likely N-dealkylation sites (N-methyl/N-ethyl adjacent to an activating group) is 1. The molecule has 0 radical (unpaired) electrons. The van der Waals surface area contributed by atoms with Gasteiger partial charge in [0.1, 0.15) is 5.60 Å². The van der Waals surface area contributed by atoms with Crippen LogP contribution < -0.4 is 0 Å². The first-order valence-electron chi connectivity index (χ1n) is 8.99. The van der Waals surface area contributed by atoms with Crippen molar-refractivity contribution in [2.75, 3.05) is 20.1 Å². The minimum atomic E-state index is -0.910. The highest BCUT2D eigenvalue weighted by Gasteiger charge is 2.36. The van der Waals surface area contributed by atoms with Crippen LogP contribution in [0.15, 0.2) is 35.6 Å². The Morgan fingerprint density at radius 3 is 2.46 bits per heavy atom. The van der Waals surface area contributed by atoms with Crippen LogP contribution in [0.25, 0.3) is 0 Å². The van der Waals surface area contributed by atoms with Crippen molar-refractivity contribution < 1.29 is 19.4 Å². The predicted molar refractivity (Wildman–Crippen MR) is 97.2 cm³/mol. The number of fused-ring (bicyclic) bond motifs is 1. The van der Waals surface area contributed by atoms with Crippen LogP contribution in [0.3, 0.4) is 0 Å². The van der Waals surface area contributed by atoms with Crippen molar-refractivity contribution in [2.45, 2.75) is 51.3 Å². The van der Waals surface area contributed by atoms with E-state index >= 15 is 0 Å². The summed E-state index contributed by atoms with van der Waals surface area (Å²) in [4.78, 5) is 25.2. The maximum absolute atomic E-state index is 12.2. The molecule has 7 nitrogen and oxygen atoms in total. The smallest absolute Gasteiger partial charge is 0.410 e. The molecule has 1 unspecified atom stereocenters. The number of carbonyl (C=O) groups is 2. The lowest BCUT2D eigenvalue weighted by Gasteiger charge is -2.41. The second-order valence-corrected chi connectivity index (χ2v) is 7.99. The molecule has 0 aromatic rings. The van der Waals surface area contributed by atoms with E-state index in [1.807, 2.05) is 40.1 Å². The van der Waals surface area contributed by atoms with Gasteiger partial charge in [-0.2, -0.15) is 0 Å². The number of likely N-dealkylation sites (tertiary alicyclic amines) is 1. The number of carboxylic acid groups (broad SMARTS) is 1. The normalized spacial score (nSPS) is 24.2. The average molecular weight is 361 g/mol. The summed E-state index contributed by atoms with van der Waals surface area (Å²) in [5.41, 5.74) is 0.813. The van der Waals surface area contributed by atoms with Crippen molar-refractivity contribution >= 4 is 12.1 Å². The molecule has 1 fully saturated rings. The summed E-state index contributed by atoms with van der Waals surface area (Å²) in [5.74, 6) is -0.910. The molecule has 1 N–H and O–H groups in total. The summed E-state index contributed by atoms with van der Waals surface area (Å²) < 4.78 is 5.45. The van der Waals surface area contributed by atoms with Gasteiger partial charge in [0.05, 0.1) is 11.6 Å². The molecule has 7 heteroatoms. The van der Waals surface area contributed by atoms with Gasteiger partial charge in [0.2, 0.25) is 0 Å². The second kappa shape index (κ2) is 6.79. The topological polar surface area (TPSA) is 73.3 Å². The van der Waals surface area contributed by atoms with Gasteiger partial charge in [0.25, 0.3) is 0 Å². The Balaban J connectivity index is 1.63. The third kappa shape index (κ3) is 3.77. The highest BCUT2D eigenvalue weighted by molar-refractivity contribution is 5.91. The third-order valence-corrected chi connectivity index (χ3v) is 4.91. The maximum atomic E-state index is 12.2. The third-order valence-electron chi connectivity index (χ3n) is 4.91. The standard InChI is InChI=1S/C19H27N3O4/c1-19(2,3)26-18(25)21-9-7-15(8-10-21)22-12-14-11-13(17(23)24)5-6-16(14)20(22)4/h5-6,11-12,15-16H,7-10H2,1-4H3,(H,23,24). The summed E-state index contributed by atoms with van der Waals surface area (Å²) in [6, 6.07) is 0.355. The molecule has 0 aromatic heterocycles. The van der Waals surface area contributed by atoms with Gasteiger partial charge in [0.15, 0.2) is 0 Å². The van der Waals surface area contributed by atoms with Gasteiger partial charge in [-0.3, -0.25) is 0 Å². The van der Waals surface area contributed by atoms with Gasteiger partial charge < -0.3 is 19.8 Å². The van der Waals surface area contributed by atoms with Gasteiger partial charge in [-0.1, -0.05) is 6.08 Å². The molecule has 1 atom stereocenters. The number of hydrogen-bond acceptors (Lipinski definition) is 5. The Hall–Kier alpha value is -2.28. The lowest BCUT2D eigenvalue weighted by Crippen LogP contribution is -2.50. The lowest BCUT2D eigenvalue weighted by molar-refractivity contribution is -0.132. The van der Waals surface area contributed by atoms with Crippen molar-refractivity contribution in [1.29, 1.82) is 0 Å². The van der Waals surface area contributed by atoms with Crippen LogP contribution in [0.4, 0.5) is 4.79 Å². The van der Waals surface area contributed by atoms with E-state index in [1.165, 1.54) is 0 Å². The van der Waals surface area contributed by atoms with E-state index in [-0.39, 0.29) is 18.2 Å². The number of carboxylic acids is 1. The zero-order valence-electron chi connectivity index (χ0n) is 15.8. The van der Waals surface area contributed by atoms with E-state index < -0.39 is 11.6 Å². The summed E-state index contributed by atoms with van der Waals surface area (Å²) in [6.07, 6.45) is 8.79. The molecule has 2 aliphatic heterocycles. The minimum Gasteiger partial charge on any atom is -0.478 e. The van der Waals surface area contributed by atoms with Crippen LogP contribution in [-0.4, -0.2) is 69.9 Å². The fourth-order valence-electron chi connectivity index (χ4n) is 3.60. The number of amides is 1. The molecule has 2 heterocycles. The van der Waals surface area contributed by atoms with E-state index in [4.69, 9.17) is 4.74 Å². The van der Waals surface area contributed by atoms with E-state index in [0.29, 0.717) is 18.7 Å². The molecule has 0 spiro atoms. The molecule has 0 aromatic carbocycles. The Morgan fingerprint density at radius 1 is 1.23 bits per heavy atom. The lowest BCUT2D eigenvalue weighted by atomic mass is 9.99. The van der Waals surface area contributed by atoms with Crippen LogP contribution in [0, 0.1) is 0 Å².